The van der Waals surface area contributed by atoms with Crippen LogP contribution >= 0.6 is 0 Å². The quantitative estimate of drug-likeness (QED) is 0.648. The molecule has 0 saturated carbocycles. The first-order valence-electron chi connectivity index (χ1n) is 4.04. The van der Waals surface area contributed by atoms with Gasteiger partial charge in [0.25, 0.3) is 0 Å². The number of ether oxygens (including phenoxy) is 2. The van der Waals surface area contributed by atoms with E-state index in [4.69, 9.17) is 21.0 Å². The molecule has 0 aromatic carbocycles. The molecule has 4 heteroatoms. The fourth-order valence-electron chi connectivity index (χ4n) is 1.35. The minimum atomic E-state index is -1.06. The van der Waals surface area contributed by atoms with E-state index >= 15 is 0 Å². The zero-order valence-electron chi connectivity index (χ0n) is 7.45. The Morgan fingerprint density at radius 3 is 2.62 bits per heavy atom. The van der Waals surface area contributed by atoms with Crippen molar-refractivity contribution in [2.24, 2.45) is 5.92 Å². The molecule has 13 heavy (non-hydrogen) atoms. The Hall–Kier alpha value is -1.05. The Labute approximate surface area is 76.8 Å². The fourth-order valence-corrected chi connectivity index (χ4v) is 1.35. The van der Waals surface area contributed by atoms with Crippen molar-refractivity contribution in [3.8, 4) is 12.3 Å². The van der Waals surface area contributed by atoms with E-state index in [1.54, 1.807) is 6.92 Å². The molecule has 1 saturated heterocycles. The smallest absolute Gasteiger partial charge is 0.312 e. The third kappa shape index (κ3) is 2.00. The van der Waals surface area contributed by atoms with Gasteiger partial charge in [-0.1, -0.05) is 0 Å². The van der Waals surface area contributed by atoms with Gasteiger partial charge in [-0.3, -0.25) is 4.79 Å². The minimum absolute atomic E-state index is 0.117. The summed E-state index contributed by atoms with van der Waals surface area (Å²) in [6.45, 7) is 2.45. The van der Waals surface area contributed by atoms with Crippen molar-refractivity contribution in [1.29, 1.82) is 0 Å². The highest BCUT2D eigenvalue weighted by Crippen LogP contribution is 2.30. The zero-order chi connectivity index (χ0) is 9.90. The first-order chi connectivity index (χ1) is 6.10. The van der Waals surface area contributed by atoms with Gasteiger partial charge in [0.2, 0.25) is 0 Å². The van der Waals surface area contributed by atoms with Gasteiger partial charge >= 0.3 is 5.97 Å². The van der Waals surface area contributed by atoms with Crippen molar-refractivity contribution >= 4 is 5.97 Å². The third-order valence-corrected chi connectivity index (χ3v) is 2.11. The van der Waals surface area contributed by atoms with E-state index in [9.17, 15) is 4.79 Å². The van der Waals surface area contributed by atoms with Crippen molar-refractivity contribution in [2.75, 3.05) is 13.2 Å². The van der Waals surface area contributed by atoms with Crippen LogP contribution in [0.1, 0.15) is 13.3 Å². The predicted molar refractivity (Wildman–Crippen MR) is 44.9 cm³/mol. The lowest BCUT2D eigenvalue weighted by atomic mass is 9.97. The van der Waals surface area contributed by atoms with Gasteiger partial charge in [-0.2, -0.15) is 0 Å². The summed E-state index contributed by atoms with van der Waals surface area (Å²) in [4.78, 5) is 10.8. The molecule has 0 aliphatic carbocycles. The minimum Gasteiger partial charge on any atom is -0.481 e. The summed E-state index contributed by atoms with van der Waals surface area (Å²) >= 11 is 0. The molecule has 1 unspecified atom stereocenters. The van der Waals surface area contributed by atoms with Crippen molar-refractivity contribution in [3.05, 3.63) is 0 Å². The van der Waals surface area contributed by atoms with Crippen LogP contribution < -0.4 is 0 Å². The molecule has 0 aromatic rings. The highest BCUT2D eigenvalue weighted by molar-refractivity contribution is 5.71. The first kappa shape index (κ1) is 10.0. The zero-order valence-corrected chi connectivity index (χ0v) is 7.45. The molecule has 1 atom stereocenters. The number of carbonyl (C=O) groups is 1. The molecule has 0 bridgehead atoms. The van der Waals surface area contributed by atoms with Gasteiger partial charge in [-0.25, -0.2) is 0 Å². The second-order valence-corrected chi connectivity index (χ2v) is 3.01. The van der Waals surface area contributed by atoms with Crippen molar-refractivity contribution < 1.29 is 19.4 Å². The standard InChI is InChI=1S/C9H12O4/c1-3-4-7(8(10)11)9(2)12-5-6-13-9/h1,7H,4-6H2,2H3,(H,10,11). The second-order valence-electron chi connectivity index (χ2n) is 3.01. The predicted octanol–water partition coefficient (Wildman–Crippen LogP) is 0.473. The van der Waals surface area contributed by atoms with E-state index in [0.717, 1.165) is 0 Å². The lowest BCUT2D eigenvalue weighted by Crippen LogP contribution is -2.40. The Bertz CT molecular complexity index is 234. The SMILES string of the molecule is C#CCC(C(=O)O)C1(C)OCCO1. The Morgan fingerprint density at radius 1 is 1.69 bits per heavy atom. The van der Waals surface area contributed by atoms with Crippen LogP contribution in [0, 0.1) is 18.3 Å². The van der Waals surface area contributed by atoms with Gasteiger partial charge in [0.15, 0.2) is 5.79 Å². The molecule has 0 amide bonds. The Morgan fingerprint density at radius 2 is 2.23 bits per heavy atom. The molecule has 1 aliphatic heterocycles. The summed E-state index contributed by atoms with van der Waals surface area (Å²) in [6, 6.07) is 0. The van der Waals surface area contributed by atoms with Crippen LogP contribution in [0.5, 0.6) is 0 Å². The van der Waals surface area contributed by atoms with Gasteiger partial charge in [0.05, 0.1) is 13.2 Å². The summed E-state index contributed by atoms with van der Waals surface area (Å²) in [5, 5.41) is 8.87. The van der Waals surface area contributed by atoms with Crippen LogP contribution in [0.25, 0.3) is 0 Å². The topological polar surface area (TPSA) is 55.8 Å². The van der Waals surface area contributed by atoms with E-state index in [2.05, 4.69) is 5.92 Å². The lowest BCUT2D eigenvalue weighted by Gasteiger charge is -2.27. The third-order valence-electron chi connectivity index (χ3n) is 2.11. The molecular weight excluding hydrogens is 172 g/mol. The largest absolute Gasteiger partial charge is 0.481 e. The van der Waals surface area contributed by atoms with E-state index in [1.165, 1.54) is 0 Å². The summed E-state index contributed by atoms with van der Waals surface area (Å²) in [5.74, 6) is -0.523. The molecule has 0 radical (unpaired) electrons. The van der Waals surface area contributed by atoms with Crippen LogP contribution in [0.2, 0.25) is 0 Å². The number of carboxylic acids is 1. The highest BCUT2D eigenvalue weighted by atomic mass is 16.7. The summed E-state index contributed by atoms with van der Waals surface area (Å²) in [7, 11) is 0. The first-order valence-corrected chi connectivity index (χ1v) is 4.04. The van der Waals surface area contributed by atoms with Gasteiger partial charge in [-0.15, -0.1) is 12.3 Å². The summed E-state index contributed by atoms with van der Waals surface area (Å²) < 4.78 is 10.4. The average molecular weight is 184 g/mol. The number of aliphatic carboxylic acids is 1. The van der Waals surface area contributed by atoms with Crippen LogP contribution in [0.3, 0.4) is 0 Å². The number of hydrogen-bond acceptors (Lipinski definition) is 3. The molecule has 1 rings (SSSR count). The highest BCUT2D eigenvalue weighted by Gasteiger charge is 2.43. The van der Waals surface area contributed by atoms with Crippen LogP contribution in [-0.4, -0.2) is 30.1 Å². The number of terminal acetylenes is 1. The normalized spacial score (nSPS) is 22.2. The maximum atomic E-state index is 10.8. The second kappa shape index (κ2) is 3.77. The van der Waals surface area contributed by atoms with Crippen molar-refractivity contribution in [2.45, 2.75) is 19.1 Å². The van der Waals surface area contributed by atoms with Crippen molar-refractivity contribution in [3.63, 3.8) is 0 Å². The van der Waals surface area contributed by atoms with Gasteiger partial charge < -0.3 is 14.6 Å². The summed E-state index contributed by atoms with van der Waals surface area (Å²) in [5.41, 5.74) is 0. The van der Waals surface area contributed by atoms with Gasteiger partial charge in [0, 0.05) is 6.42 Å². The maximum absolute atomic E-state index is 10.8. The molecule has 0 aromatic heterocycles. The molecule has 72 valence electrons. The number of rotatable bonds is 3. The van der Waals surface area contributed by atoms with E-state index in [1.807, 2.05) is 0 Å². The van der Waals surface area contributed by atoms with Crippen LogP contribution in [-0.2, 0) is 14.3 Å². The summed E-state index contributed by atoms with van der Waals surface area (Å²) in [6.07, 6.45) is 5.19. The molecular formula is C9H12O4. The molecule has 4 nitrogen and oxygen atoms in total. The Kier molecular flexibility index (Phi) is 2.91. The monoisotopic (exact) mass is 184 g/mol. The van der Waals surface area contributed by atoms with Crippen LogP contribution in [0.4, 0.5) is 0 Å². The molecule has 1 fully saturated rings. The molecule has 1 aliphatic rings. The van der Waals surface area contributed by atoms with E-state index in [-0.39, 0.29) is 6.42 Å². The van der Waals surface area contributed by atoms with Crippen molar-refractivity contribution in [1.82, 2.24) is 0 Å². The molecule has 1 heterocycles. The maximum Gasteiger partial charge on any atom is 0.312 e. The average Bonchev–Trinajstić information content (AvgIpc) is 2.48. The molecule has 1 N–H and O–H groups in total. The molecule has 0 spiro atoms. The van der Waals surface area contributed by atoms with E-state index in [0.29, 0.717) is 13.2 Å². The fraction of sp³-hybridized carbons (Fsp3) is 0.667. The van der Waals surface area contributed by atoms with Gasteiger partial charge in [0.1, 0.15) is 5.92 Å². The number of carboxylic acid groups (broad SMARTS) is 1. The Balaban J connectivity index is 2.74. The van der Waals surface area contributed by atoms with Crippen LogP contribution in [0.15, 0.2) is 0 Å². The number of hydrogen-bond donors (Lipinski definition) is 1. The van der Waals surface area contributed by atoms with Gasteiger partial charge in [-0.05, 0) is 6.92 Å². The van der Waals surface area contributed by atoms with E-state index < -0.39 is 17.7 Å². The lowest BCUT2D eigenvalue weighted by molar-refractivity contribution is -0.195.